The summed E-state index contributed by atoms with van der Waals surface area (Å²) >= 11 is 0. The van der Waals surface area contributed by atoms with Gasteiger partial charge in [-0.1, -0.05) is 128 Å². The molecule has 0 aromatic carbocycles. The summed E-state index contributed by atoms with van der Waals surface area (Å²) in [6.45, 7) is 1.58. The van der Waals surface area contributed by atoms with E-state index in [9.17, 15) is 61.0 Å². The average molecular weight is 966 g/mol. The molecule has 0 bridgehead atoms. The largest absolute Gasteiger partial charge is 0.394 e. The minimum Gasteiger partial charge on any atom is -0.394 e. The Hall–Kier alpha value is -1.73. The number of ether oxygens (including phenoxy) is 6. The van der Waals surface area contributed by atoms with Crippen LogP contribution in [0.25, 0.3) is 0 Å². The molecule has 0 aromatic heterocycles. The second kappa shape index (κ2) is 33.8. The number of unbranched alkanes of at least 4 members (excludes halogenated alkanes) is 16. The molecule has 0 spiro atoms. The van der Waals surface area contributed by atoms with Gasteiger partial charge in [-0.2, -0.15) is 0 Å². The molecule has 3 fully saturated rings. The first kappa shape index (κ1) is 59.6. The predicted octanol–water partition coefficient (Wildman–Crippen LogP) is 1.25. The van der Waals surface area contributed by atoms with Crippen LogP contribution < -0.4 is 5.32 Å². The van der Waals surface area contributed by atoms with Gasteiger partial charge >= 0.3 is 0 Å². The molecular formula is C48H87NO18. The Morgan fingerprint density at radius 3 is 1.49 bits per heavy atom. The van der Waals surface area contributed by atoms with E-state index < -0.39 is 124 Å². The van der Waals surface area contributed by atoms with Crippen LogP contribution in [-0.2, 0) is 33.2 Å². The lowest BCUT2D eigenvalue weighted by molar-refractivity contribution is -0.379. The van der Waals surface area contributed by atoms with Gasteiger partial charge in [0.2, 0.25) is 5.91 Å². The highest BCUT2D eigenvalue weighted by Crippen LogP contribution is 2.33. The third-order valence-corrected chi connectivity index (χ3v) is 12.8. The van der Waals surface area contributed by atoms with E-state index in [1.54, 1.807) is 6.08 Å². The molecule has 19 nitrogen and oxygen atoms in total. The molecule has 17 unspecified atom stereocenters. The molecule has 3 rings (SSSR count). The van der Waals surface area contributed by atoms with E-state index >= 15 is 0 Å². The number of rotatable bonds is 34. The summed E-state index contributed by atoms with van der Waals surface area (Å²) in [4.78, 5) is 13.0. The van der Waals surface area contributed by atoms with Gasteiger partial charge in [0.25, 0.3) is 0 Å². The van der Waals surface area contributed by atoms with Crippen molar-refractivity contribution in [2.45, 2.75) is 247 Å². The molecule has 0 aliphatic carbocycles. The Kier molecular flexibility index (Phi) is 30.0. The number of carbonyl (C=O) groups is 1. The van der Waals surface area contributed by atoms with Gasteiger partial charge in [-0.15, -0.1) is 0 Å². The van der Waals surface area contributed by atoms with Gasteiger partial charge in [0.1, 0.15) is 73.2 Å². The fourth-order valence-electron chi connectivity index (χ4n) is 8.50. The smallest absolute Gasteiger partial charge is 0.220 e. The topological polar surface area (TPSA) is 307 Å². The van der Waals surface area contributed by atoms with Crippen LogP contribution in [0.15, 0.2) is 24.3 Å². The Morgan fingerprint density at radius 1 is 0.522 bits per heavy atom. The summed E-state index contributed by atoms with van der Waals surface area (Å²) in [5.74, 6) is -0.298. The SMILES string of the molecule is CCCCCCCCCCCC/C=C/CC/C=C/C(O)C(COC1OC(CO)C(OC2OC(CO)C(OC3OC(CO)C(O)C(O)C3O)C(O)C2O)C(O)C1O)NC(=O)CCCCCCCC. The van der Waals surface area contributed by atoms with Gasteiger partial charge in [0.15, 0.2) is 18.9 Å². The maximum atomic E-state index is 13.0. The number of carbonyl (C=O) groups excluding carboxylic acids is 1. The Morgan fingerprint density at radius 2 is 0.955 bits per heavy atom. The molecule has 3 aliphatic rings. The lowest BCUT2D eigenvalue weighted by Gasteiger charge is -2.48. The van der Waals surface area contributed by atoms with Crippen LogP contribution in [-0.4, -0.2) is 193 Å². The zero-order valence-corrected chi connectivity index (χ0v) is 39.9. The molecule has 19 heteroatoms. The molecule has 0 aromatic rings. The third kappa shape index (κ3) is 20.1. The molecular weight excluding hydrogens is 879 g/mol. The number of aliphatic hydroxyl groups excluding tert-OH is 11. The zero-order valence-electron chi connectivity index (χ0n) is 39.9. The number of allylic oxidation sites excluding steroid dienone is 3. The predicted molar refractivity (Wildman–Crippen MR) is 245 cm³/mol. The van der Waals surface area contributed by atoms with Crippen LogP contribution in [0, 0.1) is 0 Å². The quantitative estimate of drug-likeness (QED) is 0.0319. The van der Waals surface area contributed by atoms with E-state index in [0.29, 0.717) is 12.8 Å². The van der Waals surface area contributed by atoms with Crippen LogP contribution in [0.1, 0.15) is 142 Å². The summed E-state index contributed by atoms with van der Waals surface area (Å²) in [7, 11) is 0. The molecule has 3 aliphatic heterocycles. The fourth-order valence-corrected chi connectivity index (χ4v) is 8.50. The highest BCUT2D eigenvalue weighted by atomic mass is 16.8. The Bertz CT molecular complexity index is 1340. The Balaban J connectivity index is 1.56. The van der Waals surface area contributed by atoms with E-state index in [-0.39, 0.29) is 18.9 Å². The lowest BCUT2D eigenvalue weighted by atomic mass is 9.96. The number of aliphatic hydroxyl groups is 11. The van der Waals surface area contributed by atoms with Crippen molar-refractivity contribution in [3.05, 3.63) is 24.3 Å². The van der Waals surface area contributed by atoms with Crippen LogP contribution in [0.4, 0.5) is 0 Å². The number of amides is 1. The van der Waals surface area contributed by atoms with Crippen LogP contribution in [0.2, 0.25) is 0 Å². The molecule has 17 atom stereocenters. The summed E-state index contributed by atoms with van der Waals surface area (Å²) in [5.41, 5.74) is 0. The minimum absolute atomic E-state index is 0.233. The number of nitrogens with one attached hydrogen (secondary N) is 1. The standard InChI is InChI=1S/C48H87NO18/c1-3-5-7-9-11-12-13-14-15-16-17-18-19-20-21-23-25-32(53)31(49-36(54)26-24-22-10-8-6-4-2)30-62-46-42(60)39(57)44(34(28-51)64-46)67-48-43(61)40(58)45(35(29-52)65-48)66-47-41(59)38(56)37(55)33(27-50)63-47/h18-19,23,25,31-35,37-48,50-53,55-61H,3-17,20-22,24,26-30H2,1-2H3,(H,49,54)/b19-18+,25-23+. The van der Waals surface area contributed by atoms with E-state index in [1.165, 1.54) is 57.8 Å². The molecule has 3 saturated heterocycles. The first-order valence-electron chi connectivity index (χ1n) is 25.1. The van der Waals surface area contributed by atoms with Gasteiger partial charge < -0.3 is 89.9 Å². The van der Waals surface area contributed by atoms with Gasteiger partial charge in [-0.3, -0.25) is 4.79 Å². The maximum absolute atomic E-state index is 13.0. The van der Waals surface area contributed by atoms with Crippen molar-refractivity contribution in [2.75, 3.05) is 26.4 Å². The summed E-state index contributed by atoms with van der Waals surface area (Å²) in [5, 5.41) is 119. The van der Waals surface area contributed by atoms with E-state index in [0.717, 1.165) is 51.4 Å². The molecule has 1 amide bonds. The summed E-state index contributed by atoms with van der Waals surface area (Å²) < 4.78 is 34.0. The first-order chi connectivity index (χ1) is 32.3. The molecule has 0 radical (unpaired) electrons. The van der Waals surface area contributed by atoms with E-state index in [4.69, 9.17) is 28.4 Å². The van der Waals surface area contributed by atoms with Gasteiger partial charge in [0.05, 0.1) is 38.6 Å². The van der Waals surface area contributed by atoms with E-state index in [2.05, 4.69) is 31.3 Å². The average Bonchev–Trinajstić information content (AvgIpc) is 3.32. The van der Waals surface area contributed by atoms with Gasteiger partial charge in [-0.25, -0.2) is 0 Å². The second-order valence-corrected chi connectivity index (χ2v) is 18.3. The molecule has 392 valence electrons. The molecule has 3 heterocycles. The second-order valence-electron chi connectivity index (χ2n) is 18.3. The van der Waals surface area contributed by atoms with Gasteiger partial charge in [-0.05, 0) is 32.1 Å². The zero-order chi connectivity index (χ0) is 49.1. The molecule has 0 saturated carbocycles. The fraction of sp³-hybridized carbons (Fsp3) is 0.896. The minimum atomic E-state index is -1.98. The van der Waals surface area contributed by atoms with Crippen LogP contribution in [0.5, 0.6) is 0 Å². The van der Waals surface area contributed by atoms with Crippen molar-refractivity contribution < 1.29 is 89.4 Å². The third-order valence-electron chi connectivity index (χ3n) is 12.8. The van der Waals surface area contributed by atoms with Crippen LogP contribution >= 0.6 is 0 Å². The van der Waals surface area contributed by atoms with Crippen LogP contribution in [0.3, 0.4) is 0 Å². The summed E-state index contributed by atoms with van der Waals surface area (Å²) in [6.07, 6.45) is 2.35. The monoisotopic (exact) mass is 966 g/mol. The molecule has 12 N–H and O–H groups in total. The number of hydrogen-bond donors (Lipinski definition) is 12. The van der Waals surface area contributed by atoms with Crippen molar-refractivity contribution in [1.29, 1.82) is 0 Å². The van der Waals surface area contributed by atoms with Crippen molar-refractivity contribution in [1.82, 2.24) is 5.32 Å². The van der Waals surface area contributed by atoms with Crippen molar-refractivity contribution in [2.24, 2.45) is 0 Å². The Labute approximate surface area is 397 Å². The first-order valence-corrected chi connectivity index (χ1v) is 25.1. The van der Waals surface area contributed by atoms with E-state index in [1.807, 2.05) is 6.08 Å². The molecule has 67 heavy (non-hydrogen) atoms. The highest BCUT2D eigenvalue weighted by molar-refractivity contribution is 5.76. The normalized spacial score (nSPS) is 33.7. The number of hydrogen-bond acceptors (Lipinski definition) is 18. The highest BCUT2D eigenvalue weighted by Gasteiger charge is 2.53. The summed E-state index contributed by atoms with van der Waals surface area (Å²) in [6, 6.07) is -0.981. The van der Waals surface area contributed by atoms with Crippen molar-refractivity contribution in [3.63, 3.8) is 0 Å². The van der Waals surface area contributed by atoms with Crippen molar-refractivity contribution in [3.8, 4) is 0 Å². The lowest BCUT2D eigenvalue weighted by Crippen LogP contribution is -2.66. The maximum Gasteiger partial charge on any atom is 0.220 e. The van der Waals surface area contributed by atoms with Gasteiger partial charge in [0, 0.05) is 6.42 Å². The van der Waals surface area contributed by atoms with Crippen molar-refractivity contribution >= 4 is 5.91 Å².